The van der Waals surface area contributed by atoms with Gasteiger partial charge in [-0.3, -0.25) is 9.59 Å². The molecule has 5 rings (SSSR count). The van der Waals surface area contributed by atoms with Gasteiger partial charge in [0.25, 0.3) is 10.4 Å². The molecule has 2 N–H and O–H groups in total. The van der Waals surface area contributed by atoms with Gasteiger partial charge >= 0.3 is 0 Å². The van der Waals surface area contributed by atoms with Crippen LogP contribution in [0, 0.1) is 0 Å². The van der Waals surface area contributed by atoms with E-state index in [9.17, 15) is 9.59 Å². The number of oxazole rings is 2. The number of fused-ring (bicyclic) bond motifs is 2. The van der Waals surface area contributed by atoms with Gasteiger partial charge in [-0.05, 0) is 42.0 Å². The molecule has 2 amide bonds. The van der Waals surface area contributed by atoms with Gasteiger partial charge in [-0.25, -0.2) is 9.97 Å². The number of rotatable bonds is 10. The Morgan fingerprint density at radius 2 is 1.27 bits per heavy atom. The minimum Gasteiger partial charge on any atom is -0.497 e. The Bertz CT molecular complexity index is 1380. The maximum Gasteiger partial charge on any atom is 0.257 e. The van der Waals surface area contributed by atoms with Crippen molar-refractivity contribution in [2.24, 2.45) is 0 Å². The molecule has 0 aliphatic carbocycles. The van der Waals surface area contributed by atoms with Gasteiger partial charge in [0.15, 0.2) is 11.2 Å². The van der Waals surface area contributed by atoms with Crippen LogP contribution in [0.2, 0.25) is 0 Å². The van der Waals surface area contributed by atoms with Crippen LogP contribution in [0.5, 0.6) is 5.75 Å². The van der Waals surface area contributed by atoms with Crippen LogP contribution in [0.15, 0.2) is 92.1 Å². The summed E-state index contributed by atoms with van der Waals surface area (Å²) in [6.07, 6.45) is -0.751. The van der Waals surface area contributed by atoms with E-state index in [0.717, 1.165) is 11.0 Å². The maximum atomic E-state index is 12.8. The highest BCUT2D eigenvalue weighted by atomic mass is 32.2. The molecule has 0 spiro atoms. The van der Waals surface area contributed by atoms with Gasteiger partial charge in [-0.15, -0.1) is 0 Å². The van der Waals surface area contributed by atoms with E-state index in [1.807, 2.05) is 48.5 Å². The number of hydrogen-bond donors (Lipinski definition) is 2. The second-order valence-corrected chi connectivity index (χ2v) is 9.67. The average molecular weight is 535 g/mol. The number of carbonyl (C=O) groups is 2. The summed E-state index contributed by atoms with van der Waals surface area (Å²) in [5.74, 6) is 0.207. The van der Waals surface area contributed by atoms with Crippen LogP contribution >= 0.6 is 23.5 Å². The fraction of sp³-hybridized carbons (Fsp3) is 0.154. The molecule has 5 aromatic rings. The van der Waals surface area contributed by atoms with Crippen molar-refractivity contribution in [1.29, 1.82) is 0 Å². The van der Waals surface area contributed by atoms with E-state index in [-0.39, 0.29) is 23.3 Å². The van der Waals surface area contributed by atoms with Gasteiger partial charge in [-0.1, -0.05) is 59.9 Å². The third-order valence-corrected chi connectivity index (χ3v) is 6.92. The molecule has 188 valence electrons. The number of benzene rings is 3. The average Bonchev–Trinajstić information content (AvgIpc) is 3.54. The summed E-state index contributed by atoms with van der Waals surface area (Å²) >= 11 is 2.36. The van der Waals surface area contributed by atoms with E-state index in [1.165, 1.54) is 23.5 Å². The molecule has 9 nitrogen and oxygen atoms in total. The number of para-hydroxylation sites is 4. The molecular weight excluding hydrogens is 512 g/mol. The largest absolute Gasteiger partial charge is 0.497 e. The lowest BCUT2D eigenvalue weighted by Gasteiger charge is -2.20. The molecule has 0 saturated carbocycles. The molecule has 3 aromatic carbocycles. The monoisotopic (exact) mass is 534 g/mol. The summed E-state index contributed by atoms with van der Waals surface area (Å²) < 4.78 is 16.5. The molecular formula is C26H22N4O5S2. The number of carbonyl (C=O) groups excluding carboxylic acids is 2. The Balaban J connectivity index is 1.22. The molecule has 0 fully saturated rings. The van der Waals surface area contributed by atoms with Crippen molar-refractivity contribution in [3.05, 3.63) is 78.4 Å². The van der Waals surface area contributed by atoms with Gasteiger partial charge in [0.1, 0.15) is 22.9 Å². The van der Waals surface area contributed by atoms with E-state index in [1.54, 1.807) is 31.4 Å². The molecule has 11 heteroatoms. The van der Waals surface area contributed by atoms with Crippen molar-refractivity contribution in [3.8, 4) is 5.75 Å². The van der Waals surface area contributed by atoms with Gasteiger partial charge in [0.05, 0.1) is 18.6 Å². The van der Waals surface area contributed by atoms with Gasteiger partial charge in [0, 0.05) is 0 Å². The van der Waals surface area contributed by atoms with Crippen LogP contribution < -0.4 is 15.4 Å². The topological polar surface area (TPSA) is 119 Å². The first-order valence-electron chi connectivity index (χ1n) is 11.3. The maximum absolute atomic E-state index is 12.8. The molecule has 2 heterocycles. The second-order valence-electron chi connectivity index (χ2n) is 7.81. The van der Waals surface area contributed by atoms with Gasteiger partial charge < -0.3 is 24.2 Å². The summed E-state index contributed by atoms with van der Waals surface area (Å²) in [7, 11) is 1.57. The SMILES string of the molecule is COc1ccc(C(NC(=O)CSc2nc3ccccc3o2)NC(=O)CSc2nc3ccccc3o2)cc1. The van der Waals surface area contributed by atoms with Gasteiger partial charge in [-0.2, -0.15) is 0 Å². The fourth-order valence-corrected chi connectivity index (χ4v) is 4.78. The van der Waals surface area contributed by atoms with Crippen molar-refractivity contribution >= 4 is 57.5 Å². The Morgan fingerprint density at radius 1 is 0.784 bits per heavy atom. The van der Waals surface area contributed by atoms with E-state index >= 15 is 0 Å². The Kier molecular flexibility index (Phi) is 7.62. The van der Waals surface area contributed by atoms with Gasteiger partial charge in [0.2, 0.25) is 11.8 Å². The standard InChI is InChI=1S/C26H22N4O5S2/c1-33-17-12-10-16(11-13-17)24(29-22(31)14-36-25-27-18-6-2-4-8-20(18)34-25)30-23(32)15-37-26-28-19-7-3-5-9-21(19)35-26/h2-13,24H,14-15H2,1H3,(H,29,31)(H,30,32). The Labute approximate surface area is 220 Å². The first-order chi connectivity index (χ1) is 18.1. The molecule has 0 radical (unpaired) electrons. The molecule has 0 unspecified atom stereocenters. The third kappa shape index (κ3) is 6.25. The fourth-order valence-electron chi connectivity index (χ4n) is 3.48. The lowest BCUT2D eigenvalue weighted by atomic mass is 10.1. The Morgan fingerprint density at radius 3 is 1.73 bits per heavy atom. The zero-order valence-electron chi connectivity index (χ0n) is 19.7. The number of ether oxygens (including phenoxy) is 1. The van der Waals surface area contributed by atoms with Crippen LogP contribution in [0.1, 0.15) is 11.7 Å². The summed E-state index contributed by atoms with van der Waals surface area (Å²) in [5, 5.41) is 6.55. The summed E-state index contributed by atoms with van der Waals surface area (Å²) in [6, 6.07) is 21.9. The minimum absolute atomic E-state index is 0.0625. The van der Waals surface area contributed by atoms with Crippen molar-refractivity contribution in [2.75, 3.05) is 18.6 Å². The molecule has 0 saturated heterocycles. The predicted octanol–water partition coefficient (Wildman–Crippen LogP) is 4.79. The van der Waals surface area contributed by atoms with E-state index in [0.29, 0.717) is 32.9 Å². The number of hydrogen-bond acceptors (Lipinski definition) is 9. The second kappa shape index (κ2) is 11.4. The number of thioether (sulfide) groups is 2. The number of amides is 2. The molecule has 37 heavy (non-hydrogen) atoms. The number of nitrogens with zero attached hydrogens (tertiary/aromatic N) is 2. The lowest BCUT2D eigenvalue weighted by molar-refractivity contribution is -0.121. The molecule has 0 atom stereocenters. The van der Waals surface area contributed by atoms with Crippen LogP contribution in [0.25, 0.3) is 22.2 Å². The first-order valence-corrected chi connectivity index (χ1v) is 13.2. The minimum atomic E-state index is -0.751. The van der Waals surface area contributed by atoms with E-state index in [2.05, 4.69) is 20.6 Å². The third-order valence-electron chi connectivity index (χ3n) is 5.26. The predicted molar refractivity (Wildman–Crippen MR) is 141 cm³/mol. The normalized spacial score (nSPS) is 11.2. The van der Waals surface area contributed by atoms with Crippen LogP contribution in [0.4, 0.5) is 0 Å². The summed E-state index contributed by atoms with van der Waals surface area (Å²) in [5.41, 5.74) is 3.46. The quantitative estimate of drug-likeness (QED) is 0.192. The lowest BCUT2D eigenvalue weighted by Crippen LogP contribution is -2.42. The van der Waals surface area contributed by atoms with E-state index < -0.39 is 6.17 Å². The smallest absolute Gasteiger partial charge is 0.257 e. The number of methoxy groups -OCH3 is 1. The zero-order valence-corrected chi connectivity index (χ0v) is 21.3. The highest BCUT2D eigenvalue weighted by Gasteiger charge is 2.19. The Hall–Kier alpha value is -3.96. The van der Waals surface area contributed by atoms with Crippen LogP contribution in [-0.2, 0) is 9.59 Å². The summed E-state index contributed by atoms with van der Waals surface area (Å²) in [6.45, 7) is 0. The van der Waals surface area contributed by atoms with Crippen LogP contribution in [0.3, 0.4) is 0 Å². The molecule has 0 bridgehead atoms. The van der Waals surface area contributed by atoms with Crippen molar-refractivity contribution < 1.29 is 23.2 Å². The van der Waals surface area contributed by atoms with Crippen LogP contribution in [-0.4, -0.2) is 40.4 Å². The first kappa shape index (κ1) is 24.7. The molecule has 2 aromatic heterocycles. The molecule has 0 aliphatic heterocycles. The van der Waals surface area contributed by atoms with Crippen molar-refractivity contribution in [3.63, 3.8) is 0 Å². The number of aromatic nitrogens is 2. The highest BCUT2D eigenvalue weighted by Crippen LogP contribution is 2.25. The zero-order chi connectivity index (χ0) is 25.6. The highest BCUT2D eigenvalue weighted by molar-refractivity contribution is 8.00. The molecule has 0 aliphatic rings. The number of nitrogens with one attached hydrogen (secondary N) is 2. The van der Waals surface area contributed by atoms with Crippen molar-refractivity contribution in [2.45, 2.75) is 16.6 Å². The van der Waals surface area contributed by atoms with Crippen molar-refractivity contribution in [1.82, 2.24) is 20.6 Å². The van der Waals surface area contributed by atoms with E-state index in [4.69, 9.17) is 13.6 Å². The summed E-state index contributed by atoms with van der Waals surface area (Å²) in [4.78, 5) is 34.3.